The lowest BCUT2D eigenvalue weighted by Gasteiger charge is -2.06. The summed E-state index contributed by atoms with van der Waals surface area (Å²) >= 11 is 0. The molecule has 0 spiro atoms. The summed E-state index contributed by atoms with van der Waals surface area (Å²) in [5.74, 6) is 2.49. The SMILES string of the molecule is COc1cc2nc(-c3ccnc(N)c3)[nH]c2cc1OC. The molecule has 0 radical (unpaired) electrons. The molecule has 0 aliphatic carbocycles. The molecule has 0 fully saturated rings. The van der Waals surface area contributed by atoms with Gasteiger partial charge in [0, 0.05) is 23.9 Å². The minimum Gasteiger partial charge on any atom is -0.493 e. The summed E-state index contributed by atoms with van der Waals surface area (Å²) < 4.78 is 10.5. The van der Waals surface area contributed by atoms with Crippen molar-refractivity contribution >= 4 is 16.9 Å². The number of ether oxygens (including phenoxy) is 2. The Bertz CT molecular complexity index is 726. The minimum atomic E-state index is 0.457. The molecule has 3 aromatic rings. The van der Waals surface area contributed by atoms with Gasteiger partial charge in [0.15, 0.2) is 11.5 Å². The fraction of sp³-hybridized carbons (Fsp3) is 0.143. The third kappa shape index (κ3) is 2.01. The van der Waals surface area contributed by atoms with Crippen LogP contribution in [0.5, 0.6) is 11.5 Å². The van der Waals surface area contributed by atoms with Gasteiger partial charge in [-0.2, -0.15) is 0 Å². The van der Waals surface area contributed by atoms with Crippen molar-refractivity contribution in [2.75, 3.05) is 20.0 Å². The van der Waals surface area contributed by atoms with Crippen molar-refractivity contribution in [2.45, 2.75) is 0 Å². The number of nitrogen functional groups attached to an aromatic ring is 1. The average molecular weight is 270 g/mol. The normalized spacial score (nSPS) is 10.7. The maximum Gasteiger partial charge on any atom is 0.163 e. The molecule has 2 heterocycles. The molecule has 0 unspecified atom stereocenters. The van der Waals surface area contributed by atoms with Crippen molar-refractivity contribution < 1.29 is 9.47 Å². The molecular formula is C14H14N4O2. The van der Waals surface area contributed by atoms with Crippen LogP contribution in [-0.2, 0) is 0 Å². The van der Waals surface area contributed by atoms with Crippen LogP contribution >= 0.6 is 0 Å². The topological polar surface area (TPSA) is 86.0 Å². The zero-order valence-corrected chi connectivity index (χ0v) is 11.2. The van der Waals surface area contributed by atoms with Gasteiger partial charge in [0.1, 0.15) is 11.6 Å². The number of rotatable bonds is 3. The van der Waals surface area contributed by atoms with Crippen molar-refractivity contribution in [3.63, 3.8) is 0 Å². The van der Waals surface area contributed by atoms with Crippen LogP contribution in [0.1, 0.15) is 0 Å². The fourth-order valence-corrected chi connectivity index (χ4v) is 2.07. The molecule has 3 N–H and O–H groups in total. The summed E-state index contributed by atoms with van der Waals surface area (Å²) in [6.07, 6.45) is 1.65. The highest BCUT2D eigenvalue weighted by Gasteiger charge is 2.11. The number of nitrogens with zero attached hydrogens (tertiary/aromatic N) is 2. The van der Waals surface area contributed by atoms with E-state index in [-0.39, 0.29) is 0 Å². The second-order valence-electron chi connectivity index (χ2n) is 4.28. The van der Waals surface area contributed by atoms with E-state index in [0.717, 1.165) is 22.4 Å². The third-order valence-electron chi connectivity index (χ3n) is 3.04. The Morgan fingerprint density at radius 1 is 1.10 bits per heavy atom. The predicted octanol–water partition coefficient (Wildman–Crippen LogP) is 2.22. The molecule has 6 heteroatoms. The maximum absolute atomic E-state index is 5.69. The van der Waals surface area contributed by atoms with Crippen LogP contribution < -0.4 is 15.2 Å². The van der Waals surface area contributed by atoms with Crippen molar-refractivity contribution in [3.05, 3.63) is 30.5 Å². The van der Waals surface area contributed by atoms with E-state index < -0.39 is 0 Å². The number of nitrogens with one attached hydrogen (secondary N) is 1. The zero-order valence-electron chi connectivity index (χ0n) is 11.2. The summed E-state index contributed by atoms with van der Waals surface area (Å²) in [5, 5.41) is 0. The summed E-state index contributed by atoms with van der Waals surface area (Å²) in [6.45, 7) is 0. The number of hydrogen-bond donors (Lipinski definition) is 2. The van der Waals surface area contributed by atoms with Gasteiger partial charge in [-0.25, -0.2) is 9.97 Å². The lowest BCUT2D eigenvalue weighted by atomic mass is 10.2. The van der Waals surface area contributed by atoms with E-state index in [1.807, 2.05) is 18.2 Å². The molecule has 20 heavy (non-hydrogen) atoms. The first kappa shape index (κ1) is 12.3. The van der Waals surface area contributed by atoms with E-state index in [2.05, 4.69) is 15.0 Å². The number of hydrogen-bond acceptors (Lipinski definition) is 5. The largest absolute Gasteiger partial charge is 0.493 e. The Hall–Kier alpha value is -2.76. The number of anilines is 1. The van der Waals surface area contributed by atoms with Gasteiger partial charge in [-0.15, -0.1) is 0 Å². The second kappa shape index (κ2) is 4.73. The lowest BCUT2D eigenvalue weighted by molar-refractivity contribution is 0.356. The molecule has 3 rings (SSSR count). The Morgan fingerprint density at radius 3 is 2.55 bits per heavy atom. The number of benzene rings is 1. The summed E-state index contributed by atoms with van der Waals surface area (Å²) in [4.78, 5) is 11.7. The van der Waals surface area contributed by atoms with Crippen LogP contribution in [0.4, 0.5) is 5.82 Å². The predicted molar refractivity (Wildman–Crippen MR) is 76.8 cm³/mol. The van der Waals surface area contributed by atoms with Crippen molar-refractivity contribution in [1.82, 2.24) is 15.0 Å². The van der Waals surface area contributed by atoms with Crippen LogP contribution in [0.25, 0.3) is 22.4 Å². The quantitative estimate of drug-likeness (QED) is 0.762. The van der Waals surface area contributed by atoms with Gasteiger partial charge < -0.3 is 20.2 Å². The Labute approximate surface area is 115 Å². The molecular weight excluding hydrogens is 256 g/mol. The maximum atomic E-state index is 5.69. The standard InChI is InChI=1S/C14H14N4O2/c1-19-11-6-9-10(7-12(11)20-2)18-14(17-9)8-3-4-16-13(15)5-8/h3-7H,1-2H3,(H2,15,16)(H,17,18). The number of aromatic amines is 1. The molecule has 0 atom stereocenters. The molecule has 6 nitrogen and oxygen atoms in total. The van der Waals surface area contributed by atoms with Crippen molar-refractivity contribution in [3.8, 4) is 22.9 Å². The third-order valence-corrected chi connectivity index (χ3v) is 3.04. The van der Waals surface area contributed by atoms with Gasteiger partial charge in [0.05, 0.1) is 25.3 Å². The lowest BCUT2D eigenvalue weighted by Crippen LogP contribution is -1.90. The van der Waals surface area contributed by atoms with Gasteiger partial charge in [0.2, 0.25) is 0 Å². The molecule has 2 aromatic heterocycles. The zero-order chi connectivity index (χ0) is 14.1. The van der Waals surface area contributed by atoms with E-state index in [4.69, 9.17) is 15.2 Å². The van der Waals surface area contributed by atoms with Crippen molar-refractivity contribution in [2.24, 2.45) is 0 Å². The fourth-order valence-electron chi connectivity index (χ4n) is 2.07. The van der Waals surface area contributed by atoms with E-state index in [1.54, 1.807) is 26.5 Å². The number of fused-ring (bicyclic) bond motifs is 1. The number of H-pyrrole nitrogens is 1. The number of imidazole rings is 1. The van der Waals surface area contributed by atoms with Gasteiger partial charge >= 0.3 is 0 Å². The Kier molecular flexibility index (Phi) is 2.90. The molecule has 0 saturated heterocycles. The number of nitrogens with two attached hydrogens (primary N) is 1. The molecule has 102 valence electrons. The van der Waals surface area contributed by atoms with Crippen LogP contribution in [0.15, 0.2) is 30.5 Å². The van der Waals surface area contributed by atoms with Crippen molar-refractivity contribution in [1.29, 1.82) is 0 Å². The van der Waals surface area contributed by atoms with Gasteiger partial charge in [-0.1, -0.05) is 0 Å². The van der Waals surface area contributed by atoms with E-state index in [1.165, 1.54) is 0 Å². The molecule has 1 aromatic carbocycles. The number of aromatic nitrogens is 3. The first-order valence-electron chi connectivity index (χ1n) is 6.05. The highest BCUT2D eigenvalue weighted by atomic mass is 16.5. The molecule has 0 amide bonds. The van der Waals surface area contributed by atoms with Gasteiger partial charge in [-0.05, 0) is 12.1 Å². The monoisotopic (exact) mass is 270 g/mol. The van der Waals surface area contributed by atoms with Gasteiger partial charge in [-0.3, -0.25) is 0 Å². The van der Waals surface area contributed by atoms with Gasteiger partial charge in [0.25, 0.3) is 0 Å². The molecule has 0 bridgehead atoms. The van der Waals surface area contributed by atoms with Crippen LogP contribution in [-0.4, -0.2) is 29.2 Å². The van der Waals surface area contributed by atoms with E-state index in [9.17, 15) is 0 Å². The summed E-state index contributed by atoms with van der Waals surface area (Å²) in [5.41, 5.74) is 8.24. The molecule has 0 aliphatic rings. The second-order valence-corrected chi connectivity index (χ2v) is 4.28. The van der Waals surface area contributed by atoms with Crippen LogP contribution in [0, 0.1) is 0 Å². The molecule has 0 aliphatic heterocycles. The Morgan fingerprint density at radius 2 is 1.85 bits per heavy atom. The van der Waals surface area contributed by atoms with Crippen LogP contribution in [0.3, 0.4) is 0 Å². The Balaban J connectivity index is 2.15. The molecule has 0 saturated carbocycles. The smallest absolute Gasteiger partial charge is 0.163 e. The van der Waals surface area contributed by atoms with E-state index >= 15 is 0 Å². The average Bonchev–Trinajstić information content (AvgIpc) is 2.88. The van der Waals surface area contributed by atoms with E-state index in [0.29, 0.717) is 17.3 Å². The highest BCUT2D eigenvalue weighted by Crippen LogP contribution is 2.32. The first-order valence-corrected chi connectivity index (χ1v) is 6.05. The first-order chi connectivity index (χ1) is 9.71. The number of methoxy groups -OCH3 is 2. The summed E-state index contributed by atoms with van der Waals surface area (Å²) in [7, 11) is 3.20. The highest BCUT2D eigenvalue weighted by molar-refractivity contribution is 5.83. The minimum absolute atomic E-state index is 0.457. The van der Waals surface area contributed by atoms with Crippen LogP contribution in [0.2, 0.25) is 0 Å². The number of pyridine rings is 1. The summed E-state index contributed by atoms with van der Waals surface area (Å²) in [6, 6.07) is 7.31.